The lowest BCUT2D eigenvalue weighted by atomic mass is 10.3. The van der Waals surface area contributed by atoms with E-state index in [9.17, 15) is 19.0 Å². The molecule has 1 rings (SSSR count). The number of H-pyrrole nitrogens is 1. The first-order valence-electron chi connectivity index (χ1n) is 6.25. The summed E-state index contributed by atoms with van der Waals surface area (Å²) in [4.78, 5) is 34.0. The van der Waals surface area contributed by atoms with Crippen LogP contribution >= 0.6 is 7.60 Å². The van der Waals surface area contributed by atoms with E-state index in [-0.39, 0.29) is 19.5 Å². The number of nitrogens with zero attached hydrogens (tertiary/aromatic N) is 1. The van der Waals surface area contributed by atoms with Crippen molar-refractivity contribution in [3.63, 3.8) is 0 Å². The second-order valence-electron chi connectivity index (χ2n) is 4.14. The van der Waals surface area contributed by atoms with E-state index < -0.39 is 24.9 Å². The largest absolute Gasteiger partial charge is 0.357 e. The minimum atomic E-state index is -3.68. The Morgan fingerprint density at radius 2 is 2.15 bits per heavy atom. The normalized spacial score (nSPS) is 15.8. The summed E-state index contributed by atoms with van der Waals surface area (Å²) in [7, 11) is -3.68. The van der Waals surface area contributed by atoms with Crippen molar-refractivity contribution >= 4 is 7.60 Å². The predicted molar refractivity (Wildman–Crippen MR) is 72.8 cm³/mol. The maximum Gasteiger partial charge on any atom is 0.330 e. The first-order chi connectivity index (χ1) is 9.38. The average Bonchev–Trinajstić information content (AvgIpc) is 2.35. The van der Waals surface area contributed by atoms with Crippen LogP contribution in [0.15, 0.2) is 21.9 Å². The summed E-state index contributed by atoms with van der Waals surface area (Å²) in [5, 5.41) is 0. The maximum absolute atomic E-state index is 11.6. The fourth-order valence-electron chi connectivity index (χ4n) is 1.54. The first kappa shape index (κ1) is 16.8. The van der Waals surface area contributed by atoms with Gasteiger partial charge >= 0.3 is 13.3 Å². The Labute approximate surface area is 115 Å². The molecule has 0 spiro atoms. The van der Waals surface area contributed by atoms with Gasteiger partial charge in [-0.1, -0.05) is 6.92 Å². The van der Waals surface area contributed by atoms with Crippen LogP contribution < -0.4 is 11.2 Å². The van der Waals surface area contributed by atoms with Gasteiger partial charge < -0.3 is 14.2 Å². The van der Waals surface area contributed by atoms with E-state index in [1.54, 1.807) is 13.8 Å². The van der Waals surface area contributed by atoms with Crippen LogP contribution in [0.5, 0.6) is 0 Å². The van der Waals surface area contributed by atoms with Gasteiger partial charge in [-0.05, 0) is 13.3 Å². The maximum atomic E-state index is 11.6. The molecule has 2 N–H and O–H groups in total. The lowest BCUT2D eigenvalue weighted by molar-refractivity contribution is 0.0125. The van der Waals surface area contributed by atoms with Crippen molar-refractivity contribution in [3.05, 3.63) is 33.1 Å². The van der Waals surface area contributed by atoms with Crippen LogP contribution in [0.4, 0.5) is 0 Å². The van der Waals surface area contributed by atoms with E-state index in [1.807, 2.05) is 0 Å². The Morgan fingerprint density at radius 3 is 2.70 bits per heavy atom. The molecule has 9 heteroatoms. The third kappa shape index (κ3) is 5.42. The van der Waals surface area contributed by atoms with Crippen molar-refractivity contribution in [2.45, 2.75) is 33.1 Å². The Hall–Kier alpha value is -1.21. The number of hydrogen-bond acceptors (Lipinski definition) is 5. The molecule has 0 aliphatic heterocycles. The lowest BCUT2D eigenvalue weighted by Gasteiger charge is -2.19. The number of nitrogens with one attached hydrogen (secondary N) is 1. The van der Waals surface area contributed by atoms with Gasteiger partial charge in [0, 0.05) is 12.3 Å². The number of hydrogen-bond donors (Lipinski definition) is 2. The highest BCUT2D eigenvalue weighted by molar-refractivity contribution is 7.52. The lowest BCUT2D eigenvalue weighted by Crippen LogP contribution is -2.31. The highest BCUT2D eigenvalue weighted by atomic mass is 31.2. The third-order valence-electron chi connectivity index (χ3n) is 2.57. The van der Waals surface area contributed by atoms with Crippen molar-refractivity contribution in [3.8, 4) is 0 Å². The summed E-state index contributed by atoms with van der Waals surface area (Å²) in [6, 6.07) is 1.20. The molecular weight excluding hydrogens is 287 g/mol. The molecular formula is C11H19N2O6P. The monoisotopic (exact) mass is 306 g/mol. The van der Waals surface area contributed by atoms with Crippen LogP contribution in [0.25, 0.3) is 0 Å². The Kier molecular flexibility index (Phi) is 6.35. The molecule has 2 atom stereocenters. The Morgan fingerprint density at radius 1 is 1.45 bits per heavy atom. The minimum absolute atomic E-state index is 0.111. The molecule has 0 radical (unpaired) electrons. The predicted octanol–water partition coefficient (Wildman–Crippen LogP) is 0.511. The summed E-state index contributed by atoms with van der Waals surface area (Å²) < 4.78 is 23.0. The molecule has 0 saturated carbocycles. The average molecular weight is 306 g/mol. The van der Waals surface area contributed by atoms with E-state index in [1.165, 1.54) is 12.3 Å². The van der Waals surface area contributed by atoms with Crippen molar-refractivity contribution < 1.29 is 18.7 Å². The van der Waals surface area contributed by atoms with Gasteiger partial charge in [-0.15, -0.1) is 0 Å². The van der Waals surface area contributed by atoms with Crippen molar-refractivity contribution in [2.24, 2.45) is 0 Å². The number of rotatable bonds is 8. The van der Waals surface area contributed by atoms with E-state index in [0.717, 1.165) is 4.57 Å². The number of ether oxygens (including phenoxy) is 1. The highest BCUT2D eigenvalue weighted by Crippen LogP contribution is 2.43. The Bertz CT molecular complexity index is 581. The van der Waals surface area contributed by atoms with Crippen LogP contribution in [-0.4, -0.2) is 33.3 Å². The molecule has 0 saturated heterocycles. The standard InChI is InChI=1S/C11H19N2O6P/c1-3-9(7-20(16,17)19-4-2)18-8-13-6-5-10(14)12-11(13)15/h5-6,9H,3-4,7-8H2,1-2H3,(H,16,17)(H,12,14,15)/t9-/m1/s1. The molecule has 0 aliphatic carbocycles. The van der Waals surface area contributed by atoms with Crippen molar-refractivity contribution in [2.75, 3.05) is 12.8 Å². The van der Waals surface area contributed by atoms with E-state index in [0.29, 0.717) is 6.42 Å². The quantitative estimate of drug-likeness (QED) is 0.677. The molecule has 1 aromatic rings. The minimum Gasteiger partial charge on any atom is -0.357 e. The number of aromatic nitrogens is 2. The van der Waals surface area contributed by atoms with Crippen LogP contribution in [0.1, 0.15) is 20.3 Å². The molecule has 0 amide bonds. The summed E-state index contributed by atoms with van der Waals surface area (Å²) in [6.07, 6.45) is 1.14. The zero-order valence-electron chi connectivity index (χ0n) is 11.4. The highest BCUT2D eigenvalue weighted by Gasteiger charge is 2.24. The summed E-state index contributed by atoms with van der Waals surface area (Å²) in [6.45, 7) is 3.46. The van der Waals surface area contributed by atoms with Gasteiger partial charge in [0.25, 0.3) is 5.56 Å². The fraction of sp³-hybridized carbons (Fsp3) is 0.636. The van der Waals surface area contributed by atoms with Crippen molar-refractivity contribution in [1.29, 1.82) is 0 Å². The summed E-state index contributed by atoms with van der Waals surface area (Å²) >= 11 is 0. The molecule has 0 aliphatic rings. The molecule has 1 heterocycles. The van der Waals surface area contributed by atoms with Gasteiger partial charge in [0.2, 0.25) is 0 Å². The van der Waals surface area contributed by atoms with E-state index in [4.69, 9.17) is 9.26 Å². The van der Waals surface area contributed by atoms with Crippen LogP contribution in [0, 0.1) is 0 Å². The van der Waals surface area contributed by atoms with Crippen LogP contribution in [0.2, 0.25) is 0 Å². The number of aromatic amines is 1. The van der Waals surface area contributed by atoms with Crippen LogP contribution in [0.3, 0.4) is 0 Å². The molecule has 1 aromatic heterocycles. The van der Waals surface area contributed by atoms with Gasteiger partial charge in [-0.2, -0.15) is 0 Å². The SMILES string of the molecule is CCOP(=O)(O)C[C@@H](CC)OCn1ccc(=O)[nH]c1=O. The zero-order valence-corrected chi connectivity index (χ0v) is 12.3. The summed E-state index contributed by atoms with van der Waals surface area (Å²) in [5.41, 5.74) is -1.08. The molecule has 0 fully saturated rings. The van der Waals surface area contributed by atoms with Gasteiger partial charge in [0.05, 0.1) is 18.9 Å². The first-order valence-corrected chi connectivity index (χ1v) is 8.02. The van der Waals surface area contributed by atoms with Gasteiger partial charge in [-0.3, -0.25) is 18.9 Å². The fourth-order valence-corrected chi connectivity index (χ4v) is 2.93. The topological polar surface area (TPSA) is 111 Å². The second kappa shape index (κ2) is 7.54. The van der Waals surface area contributed by atoms with Gasteiger partial charge in [0.1, 0.15) is 6.73 Å². The zero-order chi connectivity index (χ0) is 15.2. The molecule has 0 aromatic carbocycles. The van der Waals surface area contributed by atoms with Gasteiger partial charge in [0.15, 0.2) is 0 Å². The van der Waals surface area contributed by atoms with Gasteiger partial charge in [-0.25, -0.2) is 4.79 Å². The summed E-state index contributed by atoms with van der Waals surface area (Å²) in [5.74, 6) is 0. The van der Waals surface area contributed by atoms with E-state index >= 15 is 0 Å². The molecule has 20 heavy (non-hydrogen) atoms. The molecule has 8 nitrogen and oxygen atoms in total. The third-order valence-corrected chi connectivity index (χ3v) is 4.10. The van der Waals surface area contributed by atoms with Crippen molar-refractivity contribution in [1.82, 2.24) is 9.55 Å². The molecule has 1 unspecified atom stereocenters. The van der Waals surface area contributed by atoms with E-state index in [2.05, 4.69) is 4.98 Å². The van der Waals surface area contributed by atoms with Crippen LogP contribution in [-0.2, 0) is 20.6 Å². The Balaban J connectivity index is 2.63. The smallest absolute Gasteiger partial charge is 0.330 e. The molecule has 114 valence electrons. The second-order valence-corrected chi connectivity index (χ2v) is 6.04. The molecule has 0 bridgehead atoms.